The molecule has 0 rings (SSSR count). The lowest BCUT2D eigenvalue weighted by molar-refractivity contribution is -0.167. The van der Waals surface area contributed by atoms with Gasteiger partial charge in [-0.15, -0.1) is 0 Å². The van der Waals surface area contributed by atoms with E-state index < -0.39 is 6.10 Å². The monoisotopic (exact) mass is 849 g/mol. The van der Waals surface area contributed by atoms with Gasteiger partial charge in [0.05, 0.1) is 0 Å². The molecule has 0 aliphatic carbocycles. The average Bonchev–Trinajstić information content (AvgIpc) is 3.22. The van der Waals surface area contributed by atoms with Crippen LogP contribution in [0, 0.1) is 11.8 Å². The fourth-order valence-electron chi connectivity index (χ4n) is 8.17. The van der Waals surface area contributed by atoms with Gasteiger partial charge in [0.2, 0.25) is 0 Å². The number of carbonyl (C=O) groups excluding carboxylic acids is 3. The van der Waals surface area contributed by atoms with Crippen LogP contribution in [-0.4, -0.2) is 37.2 Å². The van der Waals surface area contributed by atoms with Gasteiger partial charge < -0.3 is 14.2 Å². The summed E-state index contributed by atoms with van der Waals surface area (Å²) in [5.74, 6) is 0.815. The highest BCUT2D eigenvalue weighted by molar-refractivity contribution is 5.71. The van der Waals surface area contributed by atoms with Crippen LogP contribution < -0.4 is 0 Å². The average molecular weight is 849 g/mol. The molecule has 6 nitrogen and oxygen atoms in total. The van der Waals surface area contributed by atoms with Crippen molar-refractivity contribution in [2.75, 3.05) is 13.2 Å². The molecule has 0 aliphatic heterocycles. The molecule has 1 atom stereocenters. The van der Waals surface area contributed by atoms with E-state index in [0.29, 0.717) is 19.3 Å². The second-order valence-corrected chi connectivity index (χ2v) is 19.5. The number of hydrogen-bond acceptors (Lipinski definition) is 6. The smallest absolute Gasteiger partial charge is 0.306 e. The lowest BCUT2D eigenvalue weighted by Crippen LogP contribution is -2.30. The molecule has 0 aromatic heterocycles. The maximum atomic E-state index is 12.8. The Balaban J connectivity index is 4.29. The van der Waals surface area contributed by atoms with E-state index in [-0.39, 0.29) is 31.1 Å². The highest BCUT2D eigenvalue weighted by Crippen LogP contribution is 2.17. The fraction of sp³-hybridized carbons (Fsp3) is 0.944. The Bertz CT molecular complexity index is 916. The van der Waals surface area contributed by atoms with Gasteiger partial charge in [0.1, 0.15) is 13.2 Å². The van der Waals surface area contributed by atoms with E-state index in [2.05, 4.69) is 34.6 Å². The molecule has 0 unspecified atom stereocenters. The van der Waals surface area contributed by atoms with Gasteiger partial charge in [0.25, 0.3) is 0 Å². The third-order valence-electron chi connectivity index (χ3n) is 12.2. The van der Waals surface area contributed by atoms with Crippen LogP contribution in [0.2, 0.25) is 0 Å². The van der Waals surface area contributed by atoms with E-state index in [9.17, 15) is 14.4 Å². The van der Waals surface area contributed by atoms with Gasteiger partial charge in [-0.25, -0.2) is 0 Å². The first-order valence-corrected chi connectivity index (χ1v) is 26.7. The first-order valence-electron chi connectivity index (χ1n) is 26.7. The molecule has 0 heterocycles. The molecule has 0 aliphatic rings. The standard InChI is InChI=1S/C54H104O6/c1-6-7-8-9-10-11-12-18-24-29-34-39-44-52(55)58-47-51(60-54(57)46-41-36-31-26-21-20-23-28-33-38-43-50(4)5)48-59-53(56)45-40-35-30-25-19-16-14-13-15-17-22-27-32-37-42-49(2)3/h49-51H,6-48H2,1-5H3/t51-/m0/s1. The molecule has 0 aromatic carbocycles. The molecule has 0 bridgehead atoms. The van der Waals surface area contributed by atoms with E-state index in [1.807, 2.05) is 0 Å². The molecule has 0 N–H and O–H groups in total. The summed E-state index contributed by atoms with van der Waals surface area (Å²) >= 11 is 0. The van der Waals surface area contributed by atoms with Crippen molar-refractivity contribution < 1.29 is 28.6 Å². The maximum absolute atomic E-state index is 12.8. The quantitative estimate of drug-likeness (QED) is 0.0345. The molecule has 0 fully saturated rings. The number of rotatable bonds is 48. The van der Waals surface area contributed by atoms with Gasteiger partial charge in [-0.3, -0.25) is 14.4 Å². The highest BCUT2D eigenvalue weighted by atomic mass is 16.6. The number of ether oxygens (including phenoxy) is 3. The van der Waals surface area contributed by atoms with E-state index in [1.54, 1.807) is 0 Å². The third-order valence-corrected chi connectivity index (χ3v) is 12.2. The lowest BCUT2D eigenvalue weighted by atomic mass is 10.0. The molecular formula is C54H104O6. The van der Waals surface area contributed by atoms with Crippen LogP contribution in [0.4, 0.5) is 0 Å². The van der Waals surface area contributed by atoms with Crippen LogP contribution in [0.3, 0.4) is 0 Å². The van der Waals surface area contributed by atoms with Crippen molar-refractivity contribution in [1.29, 1.82) is 0 Å². The van der Waals surface area contributed by atoms with Gasteiger partial charge in [-0.1, -0.05) is 259 Å². The molecule has 0 spiro atoms. The van der Waals surface area contributed by atoms with Crippen LogP contribution in [0.25, 0.3) is 0 Å². The molecule has 0 amide bonds. The van der Waals surface area contributed by atoms with E-state index in [1.165, 1.54) is 186 Å². The highest BCUT2D eigenvalue weighted by Gasteiger charge is 2.19. The summed E-state index contributed by atoms with van der Waals surface area (Å²) in [6.07, 6.45) is 48.0. The predicted molar refractivity (Wildman–Crippen MR) is 256 cm³/mol. The summed E-state index contributed by atoms with van der Waals surface area (Å²) in [4.78, 5) is 38.0. The van der Waals surface area contributed by atoms with Gasteiger partial charge in [-0.2, -0.15) is 0 Å². The van der Waals surface area contributed by atoms with Gasteiger partial charge in [0, 0.05) is 19.3 Å². The Hall–Kier alpha value is -1.59. The summed E-state index contributed by atoms with van der Waals surface area (Å²) in [5, 5.41) is 0. The number of hydrogen-bond donors (Lipinski definition) is 0. The summed E-state index contributed by atoms with van der Waals surface area (Å²) in [5.41, 5.74) is 0. The molecule has 60 heavy (non-hydrogen) atoms. The second kappa shape index (κ2) is 46.9. The van der Waals surface area contributed by atoms with Crippen LogP contribution in [-0.2, 0) is 28.6 Å². The van der Waals surface area contributed by atoms with Crippen molar-refractivity contribution in [1.82, 2.24) is 0 Å². The summed E-state index contributed by atoms with van der Waals surface area (Å²) in [7, 11) is 0. The first kappa shape index (κ1) is 58.4. The van der Waals surface area contributed by atoms with Crippen LogP contribution in [0.1, 0.15) is 298 Å². The van der Waals surface area contributed by atoms with Crippen molar-refractivity contribution in [2.45, 2.75) is 304 Å². The van der Waals surface area contributed by atoms with Crippen LogP contribution in [0.15, 0.2) is 0 Å². The molecule has 6 heteroatoms. The zero-order valence-corrected chi connectivity index (χ0v) is 41.1. The largest absolute Gasteiger partial charge is 0.462 e. The first-order chi connectivity index (χ1) is 29.2. The summed E-state index contributed by atoms with van der Waals surface area (Å²) < 4.78 is 16.8. The minimum absolute atomic E-state index is 0.0634. The van der Waals surface area contributed by atoms with E-state index >= 15 is 0 Å². The molecule has 0 saturated heterocycles. The normalized spacial score (nSPS) is 12.1. The van der Waals surface area contributed by atoms with Crippen molar-refractivity contribution in [3.8, 4) is 0 Å². The van der Waals surface area contributed by atoms with Crippen molar-refractivity contribution >= 4 is 17.9 Å². The Morgan fingerprint density at radius 1 is 0.317 bits per heavy atom. The summed E-state index contributed by atoms with van der Waals surface area (Å²) in [6.45, 7) is 11.4. The number of unbranched alkanes of at least 4 members (excludes halogenated alkanes) is 33. The van der Waals surface area contributed by atoms with Gasteiger partial charge >= 0.3 is 17.9 Å². The predicted octanol–water partition coefficient (Wildman–Crippen LogP) is 17.3. The van der Waals surface area contributed by atoms with E-state index in [0.717, 1.165) is 69.6 Å². The molecular weight excluding hydrogens is 745 g/mol. The van der Waals surface area contributed by atoms with Crippen molar-refractivity contribution in [3.05, 3.63) is 0 Å². The van der Waals surface area contributed by atoms with Gasteiger partial charge in [-0.05, 0) is 31.1 Å². The Morgan fingerprint density at radius 2 is 0.550 bits per heavy atom. The van der Waals surface area contributed by atoms with Crippen molar-refractivity contribution in [2.24, 2.45) is 11.8 Å². The molecule has 0 radical (unpaired) electrons. The Kier molecular flexibility index (Phi) is 45.7. The van der Waals surface area contributed by atoms with Crippen molar-refractivity contribution in [3.63, 3.8) is 0 Å². The van der Waals surface area contributed by atoms with Crippen LogP contribution in [0.5, 0.6) is 0 Å². The maximum Gasteiger partial charge on any atom is 0.306 e. The lowest BCUT2D eigenvalue weighted by Gasteiger charge is -2.18. The minimum Gasteiger partial charge on any atom is -0.462 e. The SMILES string of the molecule is CCCCCCCCCCCCCCC(=O)OC[C@@H](COC(=O)CCCCCCCCCCCCCCCCC(C)C)OC(=O)CCCCCCCCCCCCC(C)C. The number of carbonyl (C=O) groups is 3. The Labute approximate surface area is 374 Å². The molecule has 0 saturated carbocycles. The number of esters is 3. The third kappa shape index (κ3) is 47.5. The second-order valence-electron chi connectivity index (χ2n) is 19.5. The molecule has 0 aromatic rings. The zero-order chi connectivity index (χ0) is 44.0. The zero-order valence-electron chi connectivity index (χ0n) is 41.1. The fourth-order valence-corrected chi connectivity index (χ4v) is 8.17. The van der Waals surface area contributed by atoms with E-state index in [4.69, 9.17) is 14.2 Å². The topological polar surface area (TPSA) is 78.9 Å². The summed E-state index contributed by atoms with van der Waals surface area (Å²) in [6, 6.07) is 0. The Morgan fingerprint density at radius 3 is 0.817 bits per heavy atom. The van der Waals surface area contributed by atoms with Gasteiger partial charge in [0.15, 0.2) is 6.10 Å². The minimum atomic E-state index is -0.761. The molecule has 356 valence electrons. The van der Waals surface area contributed by atoms with Crippen LogP contribution >= 0.6 is 0 Å².